The molecule has 0 saturated heterocycles. The van der Waals surface area contributed by atoms with Crippen LogP contribution in [0.15, 0.2) is 18.3 Å². The van der Waals surface area contributed by atoms with Gasteiger partial charge in [-0.2, -0.15) is 5.10 Å². The lowest BCUT2D eigenvalue weighted by molar-refractivity contribution is 0.673. The zero-order valence-corrected chi connectivity index (χ0v) is 12.3. The lowest BCUT2D eigenvalue weighted by Gasteiger charge is -2.09. The molecule has 0 aliphatic rings. The van der Waals surface area contributed by atoms with Crippen LogP contribution in [-0.4, -0.2) is 21.3 Å². The maximum Gasteiger partial charge on any atom is 0.153 e. The Labute approximate surface area is 118 Å². The van der Waals surface area contributed by atoms with Gasteiger partial charge in [0.05, 0.1) is 10.7 Å². The zero-order valence-electron chi connectivity index (χ0n) is 11.6. The predicted octanol–water partition coefficient (Wildman–Crippen LogP) is 3.04. The quantitative estimate of drug-likeness (QED) is 0.855. The smallest absolute Gasteiger partial charge is 0.153 e. The van der Waals surface area contributed by atoms with Crippen LogP contribution in [0.25, 0.3) is 5.82 Å². The SMILES string of the molecule is CCCNCc1cc(-n2nc(C)cc2C)ncc1Cl. The summed E-state index contributed by atoms with van der Waals surface area (Å²) in [4.78, 5) is 4.35. The van der Waals surface area contributed by atoms with Crippen LogP contribution in [0, 0.1) is 13.8 Å². The summed E-state index contributed by atoms with van der Waals surface area (Å²) in [6.07, 6.45) is 2.79. The van der Waals surface area contributed by atoms with E-state index in [4.69, 9.17) is 11.6 Å². The van der Waals surface area contributed by atoms with Crippen molar-refractivity contribution in [1.82, 2.24) is 20.1 Å². The molecule has 0 amide bonds. The monoisotopic (exact) mass is 278 g/mol. The Hall–Kier alpha value is -1.39. The van der Waals surface area contributed by atoms with Crippen molar-refractivity contribution in [2.75, 3.05) is 6.54 Å². The van der Waals surface area contributed by atoms with E-state index in [-0.39, 0.29) is 0 Å². The molecule has 1 N–H and O–H groups in total. The third-order valence-corrected chi connectivity index (χ3v) is 3.23. The molecule has 2 heterocycles. The number of nitrogens with zero attached hydrogens (tertiary/aromatic N) is 3. The van der Waals surface area contributed by atoms with Crippen molar-refractivity contribution in [3.63, 3.8) is 0 Å². The molecular formula is C14H19ClN4. The third kappa shape index (κ3) is 3.33. The lowest BCUT2D eigenvalue weighted by atomic mass is 10.2. The number of hydrogen-bond acceptors (Lipinski definition) is 3. The number of pyridine rings is 1. The standard InChI is InChI=1S/C14H19ClN4/c1-4-5-16-8-12-7-14(17-9-13(12)15)19-11(3)6-10(2)18-19/h6-7,9,16H,4-5,8H2,1-3H3. The van der Waals surface area contributed by atoms with Crippen molar-refractivity contribution in [2.45, 2.75) is 33.7 Å². The summed E-state index contributed by atoms with van der Waals surface area (Å²) >= 11 is 6.18. The van der Waals surface area contributed by atoms with Gasteiger partial charge in [0.2, 0.25) is 0 Å². The highest BCUT2D eigenvalue weighted by Crippen LogP contribution is 2.18. The summed E-state index contributed by atoms with van der Waals surface area (Å²) in [5, 5.41) is 8.48. The molecule has 0 atom stereocenters. The van der Waals surface area contributed by atoms with Crippen LogP contribution in [0.2, 0.25) is 5.02 Å². The summed E-state index contributed by atoms with van der Waals surface area (Å²) < 4.78 is 1.84. The van der Waals surface area contributed by atoms with Gasteiger partial charge in [-0.05, 0) is 44.5 Å². The van der Waals surface area contributed by atoms with Gasteiger partial charge in [0.25, 0.3) is 0 Å². The Kier molecular flexibility index (Phi) is 4.56. The zero-order chi connectivity index (χ0) is 13.8. The van der Waals surface area contributed by atoms with Gasteiger partial charge in [0, 0.05) is 18.4 Å². The number of nitrogens with one attached hydrogen (secondary N) is 1. The van der Waals surface area contributed by atoms with Crippen LogP contribution in [0.1, 0.15) is 30.3 Å². The van der Waals surface area contributed by atoms with Crippen LogP contribution in [0.4, 0.5) is 0 Å². The molecule has 0 unspecified atom stereocenters. The topological polar surface area (TPSA) is 42.7 Å². The molecule has 0 fully saturated rings. The Bertz CT molecular complexity index is 563. The van der Waals surface area contributed by atoms with Crippen molar-refractivity contribution in [2.24, 2.45) is 0 Å². The summed E-state index contributed by atoms with van der Waals surface area (Å²) in [5.41, 5.74) is 3.10. The van der Waals surface area contributed by atoms with Crippen molar-refractivity contribution in [3.8, 4) is 5.82 Å². The van der Waals surface area contributed by atoms with E-state index in [9.17, 15) is 0 Å². The molecule has 0 bridgehead atoms. The molecule has 2 aromatic heterocycles. The van der Waals surface area contributed by atoms with Crippen LogP contribution < -0.4 is 5.32 Å². The third-order valence-electron chi connectivity index (χ3n) is 2.89. The number of aromatic nitrogens is 3. The molecule has 0 spiro atoms. The molecule has 102 valence electrons. The fourth-order valence-electron chi connectivity index (χ4n) is 1.98. The number of hydrogen-bond donors (Lipinski definition) is 1. The highest BCUT2D eigenvalue weighted by Gasteiger charge is 2.08. The molecular weight excluding hydrogens is 260 g/mol. The van der Waals surface area contributed by atoms with Crippen LogP contribution in [-0.2, 0) is 6.54 Å². The van der Waals surface area contributed by atoms with Gasteiger partial charge in [-0.1, -0.05) is 18.5 Å². The van der Waals surface area contributed by atoms with Gasteiger partial charge in [-0.25, -0.2) is 9.67 Å². The molecule has 19 heavy (non-hydrogen) atoms. The Morgan fingerprint density at radius 2 is 2.11 bits per heavy atom. The Morgan fingerprint density at radius 1 is 1.32 bits per heavy atom. The molecule has 5 heteroatoms. The van der Waals surface area contributed by atoms with E-state index in [1.807, 2.05) is 30.7 Å². The van der Waals surface area contributed by atoms with E-state index >= 15 is 0 Å². The molecule has 2 rings (SSSR count). The highest BCUT2D eigenvalue weighted by molar-refractivity contribution is 6.31. The van der Waals surface area contributed by atoms with Crippen molar-refractivity contribution < 1.29 is 0 Å². The van der Waals surface area contributed by atoms with Gasteiger partial charge in [-0.15, -0.1) is 0 Å². The minimum Gasteiger partial charge on any atom is -0.313 e. The molecule has 0 aromatic carbocycles. The molecule has 0 aliphatic heterocycles. The average molecular weight is 279 g/mol. The van der Waals surface area contributed by atoms with Crippen LogP contribution >= 0.6 is 11.6 Å². The summed E-state index contributed by atoms with van der Waals surface area (Å²) in [7, 11) is 0. The van der Waals surface area contributed by atoms with E-state index in [2.05, 4.69) is 22.3 Å². The summed E-state index contributed by atoms with van der Waals surface area (Å²) in [5.74, 6) is 0.809. The second-order valence-electron chi connectivity index (χ2n) is 4.65. The normalized spacial score (nSPS) is 10.9. The molecule has 0 aliphatic carbocycles. The summed E-state index contributed by atoms with van der Waals surface area (Å²) in [6, 6.07) is 4.02. The number of halogens is 1. The van der Waals surface area contributed by atoms with E-state index in [0.29, 0.717) is 5.02 Å². The number of rotatable bonds is 5. The van der Waals surface area contributed by atoms with Gasteiger partial charge in [0.15, 0.2) is 5.82 Å². The van der Waals surface area contributed by atoms with Crippen LogP contribution in [0.5, 0.6) is 0 Å². The van der Waals surface area contributed by atoms with E-state index in [1.165, 1.54) is 0 Å². The minimum absolute atomic E-state index is 0.689. The van der Waals surface area contributed by atoms with Crippen molar-refractivity contribution >= 4 is 11.6 Å². The Balaban J connectivity index is 2.27. The maximum absolute atomic E-state index is 6.18. The first-order valence-electron chi connectivity index (χ1n) is 6.50. The van der Waals surface area contributed by atoms with E-state index in [1.54, 1.807) is 6.20 Å². The van der Waals surface area contributed by atoms with Crippen molar-refractivity contribution in [3.05, 3.63) is 40.3 Å². The lowest BCUT2D eigenvalue weighted by Crippen LogP contribution is -2.15. The summed E-state index contributed by atoms with van der Waals surface area (Å²) in [6.45, 7) is 7.87. The van der Waals surface area contributed by atoms with Gasteiger partial charge in [0.1, 0.15) is 0 Å². The molecule has 2 aromatic rings. The second-order valence-corrected chi connectivity index (χ2v) is 5.06. The fraction of sp³-hybridized carbons (Fsp3) is 0.429. The van der Waals surface area contributed by atoms with Crippen LogP contribution in [0.3, 0.4) is 0 Å². The number of aryl methyl sites for hydroxylation is 2. The first kappa shape index (κ1) is 14.0. The first-order valence-corrected chi connectivity index (χ1v) is 6.88. The van der Waals surface area contributed by atoms with Crippen molar-refractivity contribution in [1.29, 1.82) is 0 Å². The van der Waals surface area contributed by atoms with Gasteiger partial charge < -0.3 is 5.32 Å². The minimum atomic E-state index is 0.689. The predicted molar refractivity (Wildman–Crippen MR) is 77.8 cm³/mol. The first-order chi connectivity index (χ1) is 9.11. The average Bonchev–Trinajstić information content (AvgIpc) is 2.71. The molecule has 4 nitrogen and oxygen atoms in total. The Morgan fingerprint density at radius 3 is 2.74 bits per heavy atom. The highest BCUT2D eigenvalue weighted by atomic mass is 35.5. The molecule has 0 radical (unpaired) electrons. The maximum atomic E-state index is 6.18. The van der Waals surface area contributed by atoms with E-state index in [0.717, 1.165) is 42.3 Å². The second kappa shape index (κ2) is 6.17. The molecule has 0 saturated carbocycles. The van der Waals surface area contributed by atoms with Gasteiger partial charge >= 0.3 is 0 Å². The fourth-order valence-corrected chi connectivity index (χ4v) is 2.15. The van der Waals surface area contributed by atoms with E-state index < -0.39 is 0 Å². The van der Waals surface area contributed by atoms with Gasteiger partial charge in [-0.3, -0.25) is 0 Å². The largest absolute Gasteiger partial charge is 0.313 e.